The largest absolute Gasteiger partial charge is 0.383 e. The molecule has 36 heavy (non-hydrogen) atoms. The van der Waals surface area contributed by atoms with E-state index in [2.05, 4.69) is 20.7 Å². The lowest BCUT2D eigenvalue weighted by atomic mass is 10.1. The molecule has 1 amide bonds. The Hall–Kier alpha value is -3.44. The van der Waals surface area contributed by atoms with Crippen LogP contribution in [-0.4, -0.2) is 57.8 Å². The summed E-state index contributed by atoms with van der Waals surface area (Å²) in [5, 5.41) is 10.8. The van der Waals surface area contributed by atoms with Gasteiger partial charge >= 0.3 is 0 Å². The molecule has 0 radical (unpaired) electrons. The van der Waals surface area contributed by atoms with Gasteiger partial charge in [-0.1, -0.05) is 0 Å². The topological polar surface area (TPSA) is 101 Å². The van der Waals surface area contributed by atoms with Crippen LogP contribution in [0.4, 0.5) is 19.0 Å². The number of aromatic nitrogens is 3. The number of piperidine rings is 1. The van der Waals surface area contributed by atoms with Crippen LogP contribution in [0.25, 0.3) is 11.1 Å². The average Bonchev–Trinajstić information content (AvgIpc) is 3.55. The normalized spacial score (nSPS) is 19.0. The molecule has 2 aliphatic heterocycles. The van der Waals surface area contributed by atoms with Crippen molar-refractivity contribution in [3.8, 4) is 11.1 Å². The molecule has 0 saturated carbocycles. The smallest absolute Gasteiger partial charge is 0.255 e. The molecule has 0 spiro atoms. The third-order valence-corrected chi connectivity index (χ3v) is 6.91. The summed E-state index contributed by atoms with van der Waals surface area (Å²) in [5.74, 6) is -3.31. The summed E-state index contributed by atoms with van der Waals surface area (Å²) < 4.78 is 43.5. The Labute approximate surface area is 206 Å². The molecule has 2 aromatic heterocycles. The van der Waals surface area contributed by atoms with Crippen molar-refractivity contribution in [1.29, 1.82) is 0 Å². The van der Waals surface area contributed by atoms with Crippen LogP contribution in [0.5, 0.6) is 0 Å². The second kappa shape index (κ2) is 10.3. The predicted octanol–water partition coefficient (Wildman–Crippen LogP) is 2.87. The fourth-order valence-corrected chi connectivity index (χ4v) is 4.87. The molecule has 3 aromatic rings. The minimum absolute atomic E-state index is 0.0813. The number of likely N-dealkylation sites (tertiary alicyclic amines) is 1. The molecule has 0 unspecified atom stereocenters. The van der Waals surface area contributed by atoms with E-state index in [-0.39, 0.29) is 35.4 Å². The maximum absolute atomic E-state index is 14.0. The highest BCUT2D eigenvalue weighted by Crippen LogP contribution is 2.26. The summed E-state index contributed by atoms with van der Waals surface area (Å²) in [6, 6.07) is 3.48. The molecule has 1 aromatic carbocycles. The first kappa shape index (κ1) is 24.3. The van der Waals surface area contributed by atoms with E-state index < -0.39 is 17.5 Å². The Morgan fingerprint density at radius 2 is 1.89 bits per heavy atom. The van der Waals surface area contributed by atoms with E-state index in [1.807, 2.05) is 10.9 Å². The van der Waals surface area contributed by atoms with Gasteiger partial charge in [-0.2, -0.15) is 5.10 Å². The van der Waals surface area contributed by atoms with Gasteiger partial charge in [-0.3, -0.25) is 14.4 Å². The van der Waals surface area contributed by atoms with Crippen LogP contribution in [0.3, 0.4) is 0 Å². The first-order valence-corrected chi connectivity index (χ1v) is 12.1. The van der Waals surface area contributed by atoms with Gasteiger partial charge in [0.2, 0.25) is 0 Å². The lowest BCUT2D eigenvalue weighted by Crippen LogP contribution is -2.37. The van der Waals surface area contributed by atoms with Crippen LogP contribution in [0.1, 0.15) is 41.2 Å². The molecule has 2 fully saturated rings. The number of carbonyl (C=O) groups is 1. The van der Waals surface area contributed by atoms with E-state index in [4.69, 9.17) is 5.73 Å². The summed E-state index contributed by atoms with van der Waals surface area (Å²) >= 11 is 0. The maximum Gasteiger partial charge on any atom is 0.255 e. The monoisotopic (exact) mass is 499 g/mol. The highest BCUT2D eigenvalue weighted by atomic mass is 19.2. The Morgan fingerprint density at radius 3 is 2.69 bits per heavy atom. The number of rotatable bonds is 6. The highest BCUT2D eigenvalue weighted by molar-refractivity contribution is 5.99. The standard InChI is InChI=1S/C25H28F3N7O/c26-21-1-2-22(27)23(28)20(21)14-34-8-5-17(13-34)33-25(36)19-9-15(10-31-24(19)29)16-11-32-35(12-16)18-3-6-30-7-4-18/h1-2,9-12,17-18,30H,3-8,13-14H2,(H2,29,31)(H,33,36)/t17-/m1/s1. The van der Waals surface area contributed by atoms with Gasteiger partial charge in [-0.15, -0.1) is 0 Å². The van der Waals surface area contributed by atoms with Gasteiger partial charge in [0.25, 0.3) is 5.91 Å². The Kier molecular flexibility index (Phi) is 6.92. The number of benzene rings is 1. The second-order valence-corrected chi connectivity index (χ2v) is 9.36. The fraction of sp³-hybridized carbons (Fsp3) is 0.400. The lowest BCUT2D eigenvalue weighted by Gasteiger charge is -2.22. The Balaban J connectivity index is 1.24. The average molecular weight is 500 g/mol. The quantitative estimate of drug-likeness (QED) is 0.451. The molecular formula is C25H28F3N7O. The first-order chi connectivity index (χ1) is 17.4. The molecule has 2 aliphatic rings. The molecule has 11 heteroatoms. The van der Waals surface area contributed by atoms with Gasteiger partial charge in [0.15, 0.2) is 11.6 Å². The Bertz CT molecular complexity index is 1260. The van der Waals surface area contributed by atoms with Gasteiger partial charge in [-0.05, 0) is 50.6 Å². The van der Waals surface area contributed by atoms with Crippen molar-refractivity contribution < 1.29 is 18.0 Å². The van der Waals surface area contributed by atoms with Crippen molar-refractivity contribution >= 4 is 11.7 Å². The minimum Gasteiger partial charge on any atom is -0.383 e. The van der Waals surface area contributed by atoms with Gasteiger partial charge in [0, 0.05) is 54.8 Å². The summed E-state index contributed by atoms with van der Waals surface area (Å²) in [4.78, 5) is 19.0. The van der Waals surface area contributed by atoms with Crippen molar-refractivity contribution in [1.82, 2.24) is 30.3 Å². The Morgan fingerprint density at radius 1 is 1.11 bits per heavy atom. The van der Waals surface area contributed by atoms with E-state index >= 15 is 0 Å². The van der Waals surface area contributed by atoms with Crippen LogP contribution in [0, 0.1) is 17.5 Å². The zero-order valence-electron chi connectivity index (χ0n) is 19.7. The zero-order chi connectivity index (χ0) is 25.2. The molecule has 5 rings (SSSR count). The molecule has 0 bridgehead atoms. The van der Waals surface area contributed by atoms with E-state index in [1.54, 1.807) is 23.4 Å². The number of pyridine rings is 1. The number of anilines is 1. The van der Waals surface area contributed by atoms with Gasteiger partial charge < -0.3 is 16.4 Å². The summed E-state index contributed by atoms with van der Waals surface area (Å²) in [6.45, 7) is 2.71. The lowest BCUT2D eigenvalue weighted by molar-refractivity contribution is 0.0938. The van der Waals surface area contributed by atoms with E-state index in [0.29, 0.717) is 25.6 Å². The molecule has 8 nitrogen and oxygen atoms in total. The van der Waals surface area contributed by atoms with E-state index in [0.717, 1.165) is 49.2 Å². The van der Waals surface area contributed by atoms with E-state index in [9.17, 15) is 18.0 Å². The number of nitrogen functional groups attached to an aromatic ring is 1. The SMILES string of the molecule is Nc1ncc(-c2cnn(C3CCNCC3)c2)cc1C(=O)N[C@@H]1CCN(Cc2c(F)ccc(F)c2F)C1. The number of carbonyl (C=O) groups excluding carboxylic acids is 1. The minimum atomic E-state index is -1.18. The molecule has 4 heterocycles. The maximum atomic E-state index is 14.0. The highest BCUT2D eigenvalue weighted by Gasteiger charge is 2.27. The van der Waals surface area contributed by atoms with Crippen molar-refractivity contribution in [2.75, 3.05) is 31.9 Å². The van der Waals surface area contributed by atoms with Crippen LogP contribution in [-0.2, 0) is 6.54 Å². The van der Waals surface area contributed by atoms with Gasteiger partial charge in [0.05, 0.1) is 17.8 Å². The molecule has 0 aliphatic carbocycles. The van der Waals surface area contributed by atoms with E-state index in [1.165, 1.54) is 0 Å². The van der Waals surface area contributed by atoms with Crippen LogP contribution >= 0.6 is 0 Å². The van der Waals surface area contributed by atoms with Crippen LogP contribution in [0.2, 0.25) is 0 Å². The molecule has 2 saturated heterocycles. The molecule has 190 valence electrons. The van der Waals surface area contributed by atoms with Gasteiger partial charge in [0.1, 0.15) is 11.6 Å². The first-order valence-electron chi connectivity index (χ1n) is 12.1. The summed E-state index contributed by atoms with van der Waals surface area (Å²) in [7, 11) is 0. The van der Waals surface area contributed by atoms with Crippen molar-refractivity contribution in [2.45, 2.75) is 37.9 Å². The summed E-state index contributed by atoms with van der Waals surface area (Å²) in [5.41, 5.74) is 7.54. The van der Waals surface area contributed by atoms with Crippen LogP contribution < -0.4 is 16.4 Å². The molecule has 4 N–H and O–H groups in total. The number of nitrogens with two attached hydrogens (primary N) is 1. The van der Waals surface area contributed by atoms with Crippen molar-refractivity contribution in [3.05, 3.63) is 65.4 Å². The van der Waals surface area contributed by atoms with Gasteiger partial charge in [-0.25, -0.2) is 18.2 Å². The van der Waals surface area contributed by atoms with Crippen LogP contribution in [0.15, 0.2) is 36.8 Å². The molecule has 1 atom stereocenters. The number of hydrogen-bond donors (Lipinski definition) is 3. The number of nitrogens with one attached hydrogen (secondary N) is 2. The number of nitrogens with zero attached hydrogens (tertiary/aromatic N) is 4. The third kappa shape index (κ3) is 5.07. The van der Waals surface area contributed by atoms with Crippen molar-refractivity contribution in [3.63, 3.8) is 0 Å². The fourth-order valence-electron chi connectivity index (χ4n) is 4.87. The van der Waals surface area contributed by atoms with Crippen molar-refractivity contribution in [2.24, 2.45) is 0 Å². The number of hydrogen-bond acceptors (Lipinski definition) is 6. The number of halogens is 3. The zero-order valence-corrected chi connectivity index (χ0v) is 19.7. The third-order valence-electron chi connectivity index (χ3n) is 6.91. The second-order valence-electron chi connectivity index (χ2n) is 9.36. The molecular weight excluding hydrogens is 471 g/mol. The number of amides is 1. The predicted molar refractivity (Wildman–Crippen MR) is 128 cm³/mol. The summed E-state index contributed by atoms with van der Waals surface area (Å²) in [6.07, 6.45) is 7.94.